The maximum absolute atomic E-state index is 12.6. The SMILES string of the molecule is CCCCCCCCCCCC(O)C(COP(=O)(O)OCC[N+](C)(C)C)NC(=O)CCCCCCCCCC. The molecule has 0 aliphatic carbocycles. The number of aliphatic hydroxyl groups excluding tert-OH is 1. The smallest absolute Gasteiger partial charge is 0.391 e. The van der Waals surface area contributed by atoms with Crippen molar-refractivity contribution in [2.24, 2.45) is 0 Å². The molecule has 3 unspecified atom stereocenters. The molecule has 39 heavy (non-hydrogen) atoms. The summed E-state index contributed by atoms with van der Waals surface area (Å²) in [5.74, 6) is -0.153. The van der Waals surface area contributed by atoms with Gasteiger partial charge >= 0.3 is 7.82 Å². The number of phosphoric acid groups is 1. The van der Waals surface area contributed by atoms with Crippen LogP contribution in [-0.2, 0) is 18.4 Å². The Hall–Kier alpha value is -0.500. The molecule has 0 bridgehead atoms. The van der Waals surface area contributed by atoms with Gasteiger partial charge in [-0.25, -0.2) is 4.57 Å². The van der Waals surface area contributed by atoms with Crippen molar-refractivity contribution >= 4 is 13.7 Å². The molecule has 9 heteroatoms. The molecule has 0 aliphatic heterocycles. The van der Waals surface area contributed by atoms with Crippen LogP contribution >= 0.6 is 7.82 Å². The predicted octanol–water partition coefficient (Wildman–Crippen LogP) is 7.12. The molecule has 0 rings (SSSR count). The number of hydrogen-bond donors (Lipinski definition) is 3. The van der Waals surface area contributed by atoms with Crippen LogP contribution in [0.25, 0.3) is 0 Å². The number of quaternary nitrogens is 1. The van der Waals surface area contributed by atoms with E-state index in [1.54, 1.807) is 0 Å². The van der Waals surface area contributed by atoms with Gasteiger partial charge in [0.25, 0.3) is 0 Å². The van der Waals surface area contributed by atoms with Crippen molar-refractivity contribution in [3.05, 3.63) is 0 Å². The number of likely N-dealkylation sites (N-methyl/N-ethyl adjacent to an activating group) is 1. The highest BCUT2D eigenvalue weighted by Crippen LogP contribution is 2.43. The van der Waals surface area contributed by atoms with Gasteiger partial charge in [0.15, 0.2) is 0 Å². The van der Waals surface area contributed by atoms with Gasteiger partial charge < -0.3 is 19.8 Å². The standard InChI is InChI=1S/C30H63N2O6P/c1-6-8-10-12-14-16-17-19-21-23-29(33)28(27-38-39(35,36)37-26-25-32(3,4)5)31-30(34)24-22-20-18-15-13-11-9-7-2/h28-29,33H,6-27H2,1-5H3,(H-,31,34,35,36)/p+1. The summed E-state index contributed by atoms with van der Waals surface area (Å²) in [6.45, 7) is 4.80. The van der Waals surface area contributed by atoms with Crippen molar-refractivity contribution in [1.29, 1.82) is 0 Å². The van der Waals surface area contributed by atoms with Crippen LogP contribution in [0.2, 0.25) is 0 Å². The number of hydrogen-bond acceptors (Lipinski definition) is 5. The second-order valence-corrected chi connectivity index (χ2v) is 13.6. The van der Waals surface area contributed by atoms with E-state index in [1.165, 1.54) is 70.6 Å². The van der Waals surface area contributed by atoms with Gasteiger partial charge in [0.2, 0.25) is 5.91 Å². The molecule has 3 atom stereocenters. The topological polar surface area (TPSA) is 105 Å². The molecular weight excluding hydrogens is 515 g/mol. The summed E-state index contributed by atoms with van der Waals surface area (Å²) < 4.78 is 23.3. The van der Waals surface area contributed by atoms with Gasteiger partial charge in [-0.1, -0.05) is 117 Å². The van der Waals surface area contributed by atoms with E-state index in [1.807, 2.05) is 21.1 Å². The fraction of sp³-hybridized carbons (Fsp3) is 0.967. The molecule has 0 radical (unpaired) electrons. The largest absolute Gasteiger partial charge is 0.472 e. The lowest BCUT2D eigenvalue weighted by Gasteiger charge is -2.26. The Kier molecular flexibility index (Phi) is 23.8. The summed E-state index contributed by atoms with van der Waals surface area (Å²) in [5.41, 5.74) is 0. The number of amides is 1. The van der Waals surface area contributed by atoms with Crippen LogP contribution in [0.5, 0.6) is 0 Å². The molecular formula is C30H64N2O6P+. The second-order valence-electron chi connectivity index (χ2n) is 12.2. The number of aliphatic hydroxyl groups is 1. The quantitative estimate of drug-likeness (QED) is 0.0518. The van der Waals surface area contributed by atoms with E-state index < -0.39 is 20.0 Å². The first-order chi connectivity index (χ1) is 18.5. The van der Waals surface area contributed by atoms with E-state index in [9.17, 15) is 19.4 Å². The summed E-state index contributed by atoms with van der Waals surface area (Å²) in [6, 6.07) is -0.747. The molecule has 1 amide bonds. The Morgan fingerprint density at radius 2 is 1.23 bits per heavy atom. The van der Waals surface area contributed by atoms with Crippen LogP contribution in [-0.4, -0.2) is 73.4 Å². The normalized spacial score (nSPS) is 15.2. The molecule has 3 N–H and O–H groups in total. The minimum absolute atomic E-state index is 0.0771. The summed E-state index contributed by atoms with van der Waals surface area (Å²) in [4.78, 5) is 22.7. The lowest BCUT2D eigenvalue weighted by Crippen LogP contribution is -2.46. The molecule has 0 aromatic rings. The second kappa shape index (κ2) is 24.1. The lowest BCUT2D eigenvalue weighted by atomic mass is 10.0. The van der Waals surface area contributed by atoms with Gasteiger partial charge in [0.05, 0.1) is 39.9 Å². The highest BCUT2D eigenvalue weighted by atomic mass is 31.2. The van der Waals surface area contributed by atoms with Crippen LogP contribution in [0.15, 0.2) is 0 Å². The van der Waals surface area contributed by atoms with E-state index in [2.05, 4.69) is 19.2 Å². The van der Waals surface area contributed by atoms with E-state index in [0.29, 0.717) is 23.9 Å². The average molecular weight is 580 g/mol. The van der Waals surface area contributed by atoms with Gasteiger partial charge in [-0.2, -0.15) is 0 Å². The predicted molar refractivity (Wildman–Crippen MR) is 162 cm³/mol. The highest BCUT2D eigenvalue weighted by molar-refractivity contribution is 7.47. The first-order valence-electron chi connectivity index (χ1n) is 15.9. The minimum Gasteiger partial charge on any atom is -0.391 e. The Labute approximate surface area is 240 Å². The zero-order valence-electron chi connectivity index (χ0n) is 26.1. The van der Waals surface area contributed by atoms with Gasteiger partial charge in [-0.05, 0) is 12.8 Å². The van der Waals surface area contributed by atoms with Crippen molar-refractivity contribution in [2.75, 3.05) is 40.9 Å². The number of carbonyl (C=O) groups is 1. The van der Waals surface area contributed by atoms with Gasteiger partial charge in [0, 0.05) is 6.42 Å². The van der Waals surface area contributed by atoms with Gasteiger partial charge in [-0.3, -0.25) is 13.8 Å². The molecule has 0 heterocycles. The summed E-state index contributed by atoms with van der Waals surface area (Å²) in [7, 11) is 1.61. The van der Waals surface area contributed by atoms with Crippen molar-refractivity contribution in [3.8, 4) is 0 Å². The number of rotatable bonds is 28. The summed E-state index contributed by atoms with van der Waals surface area (Å²) >= 11 is 0. The van der Waals surface area contributed by atoms with Crippen LogP contribution in [0, 0.1) is 0 Å². The maximum Gasteiger partial charge on any atom is 0.472 e. The minimum atomic E-state index is -4.28. The van der Waals surface area contributed by atoms with E-state index >= 15 is 0 Å². The average Bonchev–Trinajstić information content (AvgIpc) is 2.86. The molecule has 0 fully saturated rings. The molecule has 0 aliphatic rings. The Balaban J connectivity index is 4.58. The number of nitrogens with one attached hydrogen (secondary N) is 1. The molecule has 0 spiro atoms. The molecule has 0 aromatic carbocycles. The monoisotopic (exact) mass is 579 g/mol. The Bertz CT molecular complexity index is 629. The fourth-order valence-electron chi connectivity index (χ4n) is 4.45. The zero-order chi connectivity index (χ0) is 29.4. The van der Waals surface area contributed by atoms with E-state index in [0.717, 1.165) is 38.5 Å². The molecule has 0 saturated heterocycles. The molecule has 0 saturated carbocycles. The molecule has 8 nitrogen and oxygen atoms in total. The van der Waals surface area contributed by atoms with Crippen LogP contribution in [0.4, 0.5) is 0 Å². The van der Waals surface area contributed by atoms with Crippen molar-refractivity contribution < 1.29 is 32.9 Å². The summed E-state index contributed by atoms with van der Waals surface area (Å²) in [5, 5.41) is 13.7. The fourth-order valence-corrected chi connectivity index (χ4v) is 5.19. The number of unbranched alkanes of at least 4 members (excludes halogenated alkanes) is 15. The third-order valence-corrected chi connectivity index (χ3v) is 8.09. The number of phosphoric ester groups is 1. The Morgan fingerprint density at radius 1 is 0.769 bits per heavy atom. The van der Waals surface area contributed by atoms with E-state index in [-0.39, 0.29) is 19.1 Å². The third-order valence-electron chi connectivity index (χ3n) is 7.11. The van der Waals surface area contributed by atoms with Gasteiger partial charge in [-0.15, -0.1) is 0 Å². The first kappa shape index (κ1) is 38.5. The molecule has 0 aromatic heterocycles. The Morgan fingerprint density at radius 3 is 1.72 bits per heavy atom. The highest BCUT2D eigenvalue weighted by Gasteiger charge is 2.28. The number of nitrogens with zero attached hydrogens (tertiary/aromatic N) is 1. The van der Waals surface area contributed by atoms with Gasteiger partial charge in [0.1, 0.15) is 13.2 Å². The first-order valence-corrected chi connectivity index (χ1v) is 17.4. The van der Waals surface area contributed by atoms with Crippen LogP contribution in [0.3, 0.4) is 0 Å². The molecule has 234 valence electrons. The number of carbonyl (C=O) groups excluding carboxylic acids is 1. The van der Waals surface area contributed by atoms with Crippen molar-refractivity contribution in [3.63, 3.8) is 0 Å². The van der Waals surface area contributed by atoms with E-state index in [4.69, 9.17) is 9.05 Å². The van der Waals surface area contributed by atoms with Crippen molar-refractivity contribution in [2.45, 2.75) is 148 Å². The maximum atomic E-state index is 12.6. The zero-order valence-corrected chi connectivity index (χ0v) is 27.0. The van der Waals surface area contributed by atoms with Crippen LogP contribution in [0.1, 0.15) is 136 Å². The third kappa shape index (κ3) is 26.2. The lowest BCUT2D eigenvalue weighted by molar-refractivity contribution is -0.870. The van der Waals surface area contributed by atoms with Crippen LogP contribution < -0.4 is 5.32 Å². The van der Waals surface area contributed by atoms with Crippen molar-refractivity contribution in [1.82, 2.24) is 5.32 Å². The summed E-state index contributed by atoms with van der Waals surface area (Å²) in [6.07, 6.45) is 19.9.